The van der Waals surface area contributed by atoms with E-state index < -0.39 is 30.1 Å². The molecule has 0 spiro atoms. The lowest BCUT2D eigenvalue weighted by Gasteiger charge is -2.08. The minimum atomic E-state index is -1.11. The predicted molar refractivity (Wildman–Crippen MR) is 104 cm³/mol. The van der Waals surface area contributed by atoms with Gasteiger partial charge in [-0.2, -0.15) is 0 Å². The van der Waals surface area contributed by atoms with Crippen molar-refractivity contribution in [2.24, 2.45) is 0 Å². The maximum absolute atomic E-state index is 13.1. The summed E-state index contributed by atoms with van der Waals surface area (Å²) in [6.45, 7) is -0.576. The summed E-state index contributed by atoms with van der Waals surface area (Å²) in [5.74, 6) is -3.56. The number of carbonyl (C=O) groups excluding carboxylic acids is 2. The number of ether oxygens (including phenoxy) is 1. The van der Waals surface area contributed by atoms with Crippen LogP contribution in [0.1, 0.15) is 6.42 Å². The molecule has 0 radical (unpaired) electrons. The van der Waals surface area contributed by atoms with E-state index in [0.29, 0.717) is 10.9 Å². The minimum Gasteiger partial charge on any atom is -0.456 e. The van der Waals surface area contributed by atoms with Gasteiger partial charge in [0.05, 0.1) is 23.7 Å². The highest BCUT2D eigenvalue weighted by atomic mass is 79.9. The summed E-state index contributed by atoms with van der Waals surface area (Å²) in [6.07, 6.45) is 1.18. The van der Waals surface area contributed by atoms with Crippen molar-refractivity contribution in [2.45, 2.75) is 13.0 Å². The fourth-order valence-electron chi connectivity index (χ4n) is 2.49. The van der Waals surface area contributed by atoms with E-state index in [9.17, 15) is 23.2 Å². The van der Waals surface area contributed by atoms with Crippen LogP contribution in [0.15, 0.2) is 52.0 Å². The first kappa shape index (κ1) is 20.6. The molecule has 0 aliphatic carbocycles. The summed E-state index contributed by atoms with van der Waals surface area (Å²) in [5.41, 5.74) is 0.260. The van der Waals surface area contributed by atoms with Crippen molar-refractivity contribution in [3.05, 3.63) is 69.2 Å². The average Bonchev–Trinajstić information content (AvgIpc) is 2.69. The largest absolute Gasteiger partial charge is 0.456 e. The van der Waals surface area contributed by atoms with Crippen molar-refractivity contribution < 1.29 is 23.1 Å². The zero-order valence-electron chi connectivity index (χ0n) is 14.8. The summed E-state index contributed by atoms with van der Waals surface area (Å²) in [5, 5.41) is 2.69. The number of fused-ring (bicyclic) bond motifs is 1. The fourth-order valence-corrected chi connectivity index (χ4v) is 2.85. The molecule has 10 heteroatoms. The number of nitrogens with zero attached hydrogens (tertiary/aromatic N) is 2. The van der Waals surface area contributed by atoms with Gasteiger partial charge in [-0.15, -0.1) is 0 Å². The lowest BCUT2D eigenvalue weighted by molar-refractivity contribution is -0.147. The highest BCUT2D eigenvalue weighted by Gasteiger charge is 2.11. The Morgan fingerprint density at radius 2 is 1.93 bits per heavy atom. The van der Waals surface area contributed by atoms with Gasteiger partial charge in [-0.25, -0.2) is 13.8 Å². The Hall–Kier alpha value is -3.14. The Morgan fingerprint density at radius 3 is 2.69 bits per heavy atom. The molecule has 0 atom stereocenters. The molecule has 0 saturated carbocycles. The van der Waals surface area contributed by atoms with E-state index in [0.717, 1.165) is 16.6 Å². The van der Waals surface area contributed by atoms with Crippen LogP contribution in [0.25, 0.3) is 10.9 Å². The van der Waals surface area contributed by atoms with Crippen molar-refractivity contribution in [2.75, 3.05) is 11.9 Å². The van der Waals surface area contributed by atoms with Crippen molar-refractivity contribution in [3.8, 4) is 0 Å². The van der Waals surface area contributed by atoms with Crippen LogP contribution >= 0.6 is 15.9 Å². The highest BCUT2D eigenvalue weighted by molar-refractivity contribution is 9.10. The lowest BCUT2D eigenvalue weighted by atomic mass is 10.2. The molecule has 3 aromatic rings. The summed E-state index contributed by atoms with van der Waals surface area (Å²) >= 11 is 3.29. The number of halogens is 3. The Kier molecular flexibility index (Phi) is 6.32. The molecule has 0 aliphatic heterocycles. The SMILES string of the molecule is O=C(COC(=O)CCn1cnc2ccc(Br)cc2c1=O)Nc1ccc(F)c(F)c1. The lowest BCUT2D eigenvalue weighted by Crippen LogP contribution is -2.24. The van der Waals surface area contributed by atoms with Crippen LogP contribution < -0.4 is 10.9 Å². The van der Waals surface area contributed by atoms with Crippen LogP contribution in [-0.4, -0.2) is 28.0 Å². The molecule has 0 saturated heterocycles. The molecule has 1 amide bonds. The first-order valence-corrected chi connectivity index (χ1v) is 9.18. The van der Waals surface area contributed by atoms with E-state index in [1.165, 1.54) is 17.0 Å². The number of carbonyl (C=O) groups is 2. The van der Waals surface area contributed by atoms with E-state index in [1.807, 2.05) is 0 Å². The van der Waals surface area contributed by atoms with Gasteiger partial charge in [0.15, 0.2) is 18.2 Å². The fraction of sp³-hybridized carbons (Fsp3) is 0.158. The van der Waals surface area contributed by atoms with Gasteiger partial charge in [-0.1, -0.05) is 15.9 Å². The number of hydrogen-bond donors (Lipinski definition) is 1. The zero-order chi connectivity index (χ0) is 21.0. The Bertz CT molecular complexity index is 1150. The molecule has 2 aromatic carbocycles. The van der Waals surface area contributed by atoms with Crippen LogP contribution in [0.3, 0.4) is 0 Å². The van der Waals surface area contributed by atoms with Gasteiger partial charge in [-0.05, 0) is 30.3 Å². The molecule has 29 heavy (non-hydrogen) atoms. The molecule has 1 heterocycles. The Labute approximate surface area is 171 Å². The van der Waals surface area contributed by atoms with E-state index in [1.54, 1.807) is 18.2 Å². The molecule has 0 bridgehead atoms. The minimum absolute atomic E-state index is 0.0257. The Morgan fingerprint density at radius 1 is 1.14 bits per heavy atom. The molecule has 3 rings (SSSR count). The second-order valence-corrected chi connectivity index (χ2v) is 6.91. The number of hydrogen-bond acceptors (Lipinski definition) is 5. The van der Waals surface area contributed by atoms with Gasteiger partial charge in [-0.3, -0.25) is 19.0 Å². The molecular weight excluding hydrogens is 452 g/mol. The van der Waals surface area contributed by atoms with E-state index >= 15 is 0 Å². The smallest absolute Gasteiger partial charge is 0.308 e. The maximum atomic E-state index is 13.1. The molecular formula is C19H14BrF2N3O4. The first-order valence-electron chi connectivity index (χ1n) is 8.39. The standard InChI is InChI=1S/C19H14BrF2N3O4/c20-11-1-4-16-13(7-11)19(28)25(10-23-16)6-5-18(27)29-9-17(26)24-12-2-3-14(21)15(22)8-12/h1-4,7-8,10H,5-6,9H2,(H,24,26). The average molecular weight is 466 g/mol. The number of benzene rings is 2. The number of aryl methyl sites for hydroxylation is 1. The van der Waals surface area contributed by atoms with Crippen molar-refractivity contribution in [1.82, 2.24) is 9.55 Å². The van der Waals surface area contributed by atoms with Crippen LogP contribution in [0.2, 0.25) is 0 Å². The van der Waals surface area contributed by atoms with Crippen LogP contribution in [0.4, 0.5) is 14.5 Å². The number of rotatable bonds is 6. The topological polar surface area (TPSA) is 90.3 Å². The highest BCUT2D eigenvalue weighted by Crippen LogP contribution is 2.15. The molecule has 7 nitrogen and oxygen atoms in total. The molecule has 0 unspecified atom stereocenters. The summed E-state index contributed by atoms with van der Waals surface area (Å²) in [4.78, 5) is 40.2. The quantitative estimate of drug-likeness (QED) is 0.565. The van der Waals surface area contributed by atoms with Gasteiger partial charge in [0.2, 0.25) is 0 Å². The third-order valence-electron chi connectivity index (χ3n) is 3.91. The monoisotopic (exact) mass is 465 g/mol. The Balaban J connectivity index is 1.53. The second-order valence-electron chi connectivity index (χ2n) is 5.99. The van der Waals surface area contributed by atoms with Gasteiger partial charge in [0.1, 0.15) is 0 Å². The summed E-state index contributed by atoms with van der Waals surface area (Å²) < 4.78 is 32.8. The third-order valence-corrected chi connectivity index (χ3v) is 4.40. The predicted octanol–water partition coefficient (Wildman–Crippen LogP) is 3.01. The van der Waals surface area contributed by atoms with E-state index in [2.05, 4.69) is 26.2 Å². The summed E-state index contributed by atoms with van der Waals surface area (Å²) in [7, 11) is 0. The van der Waals surface area contributed by atoms with Gasteiger partial charge in [0.25, 0.3) is 11.5 Å². The normalized spacial score (nSPS) is 10.7. The molecule has 1 N–H and O–H groups in total. The van der Waals surface area contributed by atoms with Gasteiger partial charge >= 0.3 is 5.97 Å². The molecule has 0 fully saturated rings. The second kappa shape index (κ2) is 8.91. The van der Waals surface area contributed by atoms with Crippen molar-refractivity contribution in [1.29, 1.82) is 0 Å². The number of aromatic nitrogens is 2. The first-order chi connectivity index (χ1) is 13.8. The van der Waals surface area contributed by atoms with Crippen molar-refractivity contribution in [3.63, 3.8) is 0 Å². The maximum Gasteiger partial charge on any atom is 0.308 e. The number of amides is 1. The molecule has 1 aromatic heterocycles. The van der Waals surface area contributed by atoms with Gasteiger partial charge < -0.3 is 10.1 Å². The van der Waals surface area contributed by atoms with Crippen molar-refractivity contribution >= 4 is 44.4 Å². The van der Waals surface area contributed by atoms with Crippen LogP contribution in [0, 0.1) is 11.6 Å². The van der Waals surface area contributed by atoms with Gasteiger partial charge in [0, 0.05) is 22.8 Å². The molecule has 150 valence electrons. The zero-order valence-corrected chi connectivity index (χ0v) is 16.4. The number of anilines is 1. The number of esters is 1. The van der Waals surface area contributed by atoms with E-state index in [-0.39, 0.29) is 24.2 Å². The van der Waals surface area contributed by atoms with Crippen LogP contribution in [-0.2, 0) is 20.9 Å². The third kappa shape index (κ3) is 5.23. The number of nitrogens with one attached hydrogen (secondary N) is 1. The summed E-state index contributed by atoms with van der Waals surface area (Å²) in [6, 6.07) is 7.96. The molecule has 0 aliphatic rings. The van der Waals surface area contributed by atoms with Crippen LogP contribution in [0.5, 0.6) is 0 Å². The van der Waals surface area contributed by atoms with E-state index in [4.69, 9.17) is 4.74 Å².